The van der Waals surface area contributed by atoms with Crippen molar-refractivity contribution in [2.45, 2.75) is 6.54 Å². The summed E-state index contributed by atoms with van der Waals surface area (Å²) >= 11 is 6.25. The standard InChI is InChI=1S/C17H16ClN9O2/c1-25-12-11(13(28)26(2)17(25)29)27(14(18)23-12)8-10-21-15(19)24-16(22-10)20-9-6-4-3-5-7-9/h3-7H,8H2,1-2H3,(H3,19,20,21,22,24). The van der Waals surface area contributed by atoms with E-state index in [-0.39, 0.29) is 40.7 Å². The summed E-state index contributed by atoms with van der Waals surface area (Å²) in [7, 11) is 2.90. The number of para-hydroxylation sites is 1. The Morgan fingerprint density at radius 2 is 1.76 bits per heavy atom. The van der Waals surface area contributed by atoms with Crippen molar-refractivity contribution in [3.05, 3.63) is 62.3 Å². The van der Waals surface area contributed by atoms with Crippen LogP contribution in [-0.2, 0) is 20.6 Å². The van der Waals surface area contributed by atoms with E-state index in [9.17, 15) is 9.59 Å². The first-order valence-corrected chi connectivity index (χ1v) is 8.87. The van der Waals surface area contributed by atoms with E-state index >= 15 is 0 Å². The molecule has 0 amide bonds. The Kier molecular flexibility index (Phi) is 4.51. The zero-order valence-electron chi connectivity index (χ0n) is 15.5. The van der Waals surface area contributed by atoms with E-state index in [1.807, 2.05) is 30.3 Å². The topological polar surface area (TPSA) is 139 Å². The summed E-state index contributed by atoms with van der Waals surface area (Å²) in [6.45, 7) is 0.0129. The molecule has 148 valence electrons. The molecule has 29 heavy (non-hydrogen) atoms. The SMILES string of the molecule is Cn1c(=O)c2c(nc(Cl)n2Cc2nc(N)nc(Nc3ccccc3)n2)n(C)c1=O. The number of benzene rings is 1. The third-order valence-corrected chi connectivity index (χ3v) is 4.62. The van der Waals surface area contributed by atoms with Crippen molar-refractivity contribution in [3.8, 4) is 0 Å². The molecule has 0 fully saturated rings. The Balaban J connectivity index is 1.79. The molecule has 12 heteroatoms. The highest BCUT2D eigenvalue weighted by atomic mass is 35.5. The predicted molar refractivity (Wildman–Crippen MR) is 108 cm³/mol. The maximum Gasteiger partial charge on any atom is 0.332 e. The van der Waals surface area contributed by atoms with Gasteiger partial charge in [0.25, 0.3) is 5.56 Å². The molecular formula is C17H16ClN9O2. The van der Waals surface area contributed by atoms with Gasteiger partial charge in [-0.25, -0.2) is 4.79 Å². The van der Waals surface area contributed by atoms with Gasteiger partial charge in [-0.2, -0.15) is 19.9 Å². The number of aromatic nitrogens is 7. The molecule has 0 saturated heterocycles. The van der Waals surface area contributed by atoms with Gasteiger partial charge in [-0.15, -0.1) is 0 Å². The summed E-state index contributed by atoms with van der Waals surface area (Å²) in [5.74, 6) is 0.529. The lowest BCUT2D eigenvalue weighted by molar-refractivity contribution is 0.698. The molecule has 4 rings (SSSR count). The lowest BCUT2D eigenvalue weighted by Gasteiger charge is -2.09. The number of fused-ring (bicyclic) bond motifs is 1. The average Bonchev–Trinajstić information content (AvgIpc) is 3.01. The molecule has 4 aromatic rings. The van der Waals surface area contributed by atoms with Gasteiger partial charge in [0.15, 0.2) is 17.0 Å². The average molecular weight is 414 g/mol. The number of hydrogen-bond acceptors (Lipinski definition) is 8. The molecule has 3 heterocycles. The van der Waals surface area contributed by atoms with Crippen LogP contribution in [0.3, 0.4) is 0 Å². The summed E-state index contributed by atoms with van der Waals surface area (Å²) in [6, 6.07) is 9.32. The molecule has 0 aliphatic rings. The van der Waals surface area contributed by atoms with Crippen molar-refractivity contribution in [2.75, 3.05) is 11.1 Å². The Hall–Kier alpha value is -3.73. The molecule has 1 aromatic carbocycles. The summed E-state index contributed by atoms with van der Waals surface area (Å²) < 4.78 is 3.67. The quantitative estimate of drug-likeness (QED) is 0.465. The number of aryl methyl sites for hydroxylation is 1. The van der Waals surface area contributed by atoms with E-state index in [0.717, 1.165) is 10.3 Å². The second kappa shape index (κ2) is 7.02. The largest absolute Gasteiger partial charge is 0.368 e. The number of nitrogens with two attached hydrogens (primary N) is 1. The number of nitrogens with one attached hydrogen (secondary N) is 1. The van der Waals surface area contributed by atoms with Crippen molar-refractivity contribution in [1.29, 1.82) is 0 Å². The van der Waals surface area contributed by atoms with Gasteiger partial charge in [0.05, 0.1) is 6.54 Å². The lowest BCUT2D eigenvalue weighted by atomic mass is 10.3. The normalized spacial score (nSPS) is 11.1. The first-order valence-electron chi connectivity index (χ1n) is 8.49. The van der Waals surface area contributed by atoms with Gasteiger partial charge in [0.2, 0.25) is 17.2 Å². The van der Waals surface area contributed by atoms with Gasteiger partial charge in [-0.3, -0.25) is 13.9 Å². The van der Waals surface area contributed by atoms with Gasteiger partial charge in [0, 0.05) is 19.8 Å². The van der Waals surface area contributed by atoms with Crippen LogP contribution in [0.2, 0.25) is 5.28 Å². The molecule has 0 bridgehead atoms. The lowest BCUT2D eigenvalue weighted by Crippen LogP contribution is -2.37. The molecule has 0 aliphatic carbocycles. The van der Waals surface area contributed by atoms with E-state index in [1.54, 1.807) is 0 Å². The number of anilines is 3. The highest BCUT2D eigenvalue weighted by Gasteiger charge is 2.19. The van der Waals surface area contributed by atoms with Crippen molar-refractivity contribution in [2.24, 2.45) is 14.1 Å². The minimum Gasteiger partial charge on any atom is -0.368 e. The van der Waals surface area contributed by atoms with Gasteiger partial charge in [0.1, 0.15) is 0 Å². The first-order chi connectivity index (χ1) is 13.8. The van der Waals surface area contributed by atoms with Crippen LogP contribution >= 0.6 is 11.6 Å². The predicted octanol–water partition coefficient (Wildman–Crippen LogP) is 0.646. The van der Waals surface area contributed by atoms with Crippen LogP contribution in [0, 0.1) is 0 Å². The van der Waals surface area contributed by atoms with E-state index < -0.39 is 11.2 Å². The van der Waals surface area contributed by atoms with E-state index in [4.69, 9.17) is 17.3 Å². The van der Waals surface area contributed by atoms with Crippen LogP contribution in [0.4, 0.5) is 17.6 Å². The van der Waals surface area contributed by atoms with Crippen LogP contribution in [0.15, 0.2) is 39.9 Å². The Morgan fingerprint density at radius 3 is 2.48 bits per heavy atom. The maximum atomic E-state index is 12.6. The fourth-order valence-electron chi connectivity index (χ4n) is 2.92. The maximum absolute atomic E-state index is 12.6. The molecule has 11 nitrogen and oxygen atoms in total. The Bertz CT molecular complexity index is 1340. The van der Waals surface area contributed by atoms with E-state index in [1.165, 1.54) is 23.2 Å². The van der Waals surface area contributed by atoms with Gasteiger partial charge < -0.3 is 15.6 Å². The minimum atomic E-state index is -0.521. The third-order valence-electron chi connectivity index (χ3n) is 4.33. The van der Waals surface area contributed by atoms with Crippen LogP contribution in [0.1, 0.15) is 5.82 Å². The number of nitrogens with zero attached hydrogens (tertiary/aromatic N) is 7. The highest BCUT2D eigenvalue weighted by molar-refractivity contribution is 6.29. The van der Waals surface area contributed by atoms with Crippen molar-refractivity contribution in [1.82, 2.24) is 33.6 Å². The first kappa shape index (κ1) is 18.6. The molecule has 3 N–H and O–H groups in total. The Labute approximate surface area is 168 Å². The van der Waals surface area contributed by atoms with Crippen molar-refractivity contribution >= 4 is 40.3 Å². The van der Waals surface area contributed by atoms with Gasteiger partial charge >= 0.3 is 5.69 Å². The monoisotopic (exact) mass is 413 g/mol. The molecule has 0 atom stereocenters. The van der Waals surface area contributed by atoms with Crippen molar-refractivity contribution < 1.29 is 0 Å². The smallest absolute Gasteiger partial charge is 0.332 e. The van der Waals surface area contributed by atoms with Crippen LogP contribution in [-0.4, -0.2) is 33.6 Å². The van der Waals surface area contributed by atoms with Crippen molar-refractivity contribution in [3.63, 3.8) is 0 Å². The van der Waals surface area contributed by atoms with Gasteiger partial charge in [-0.05, 0) is 23.7 Å². The van der Waals surface area contributed by atoms with E-state index in [0.29, 0.717) is 0 Å². The zero-order valence-corrected chi connectivity index (χ0v) is 16.3. The van der Waals surface area contributed by atoms with Crippen LogP contribution in [0.5, 0.6) is 0 Å². The highest BCUT2D eigenvalue weighted by Crippen LogP contribution is 2.18. The minimum absolute atomic E-state index is 0.00859. The van der Waals surface area contributed by atoms with Gasteiger partial charge in [-0.1, -0.05) is 18.2 Å². The molecule has 0 aliphatic heterocycles. The Morgan fingerprint density at radius 1 is 1.03 bits per heavy atom. The summed E-state index contributed by atoms with van der Waals surface area (Å²) in [5, 5.41) is 3.07. The molecule has 0 spiro atoms. The fourth-order valence-corrected chi connectivity index (χ4v) is 3.15. The second-order valence-electron chi connectivity index (χ2n) is 6.27. The number of halogens is 1. The summed E-state index contributed by atoms with van der Waals surface area (Å²) in [6.07, 6.45) is 0. The number of imidazole rings is 1. The molecule has 0 saturated carbocycles. The molecule has 0 unspecified atom stereocenters. The molecular weight excluding hydrogens is 398 g/mol. The van der Waals surface area contributed by atoms with E-state index in [2.05, 4.69) is 25.3 Å². The molecule has 3 aromatic heterocycles. The third kappa shape index (κ3) is 3.31. The number of rotatable bonds is 4. The second-order valence-corrected chi connectivity index (χ2v) is 6.61. The summed E-state index contributed by atoms with van der Waals surface area (Å²) in [4.78, 5) is 41.4. The van der Waals surface area contributed by atoms with Crippen LogP contribution < -0.4 is 22.3 Å². The fraction of sp³-hybridized carbons (Fsp3) is 0.176. The molecule has 0 radical (unpaired) electrons. The zero-order chi connectivity index (χ0) is 20.7. The summed E-state index contributed by atoms with van der Waals surface area (Å²) in [5.41, 5.74) is 5.91. The number of hydrogen-bond donors (Lipinski definition) is 2. The number of nitrogen functional groups attached to an aromatic ring is 1. The van der Waals surface area contributed by atoms with Crippen LogP contribution in [0.25, 0.3) is 11.2 Å².